The first-order valence-corrected chi connectivity index (χ1v) is 9.11. The second-order valence-corrected chi connectivity index (χ2v) is 6.56. The lowest BCUT2D eigenvalue weighted by Gasteiger charge is -2.10. The molecule has 2 N–H and O–H groups in total. The molecule has 7 heteroatoms. The molecular weight excluding hydrogens is 366 g/mol. The highest BCUT2D eigenvalue weighted by Gasteiger charge is 2.18. The molecule has 7 nitrogen and oxygen atoms in total. The standard InChI is InChI=1S/C22H17N5O2/c1-29-19-11-5-4-10-17(19)24-22(28)15-8-6-12-27-20(15)25-26-21(27)18-13-14-7-2-3-9-16(14)23-18/h2-13,23H,1H3,(H,24,28). The smallest absolute Gasteiger partial charge is 0.259 e. The van der Waals surface area contributed by atoms with Gasteiger partial charge in [-0.25, -0.2) is 0 Å². The van der Waals surface area contributed by atoms with Gasteiger partial charge in [-0.15, -0.1) is 10.2 Å². The van der Waals surface area contributed by atoms with Crippen molar-refractivity contribution in [2.24, 2.45) is 0 Å². The van der Waals surface area contributed by atoms with Gasteiger partial charge in [-0.3, -0.25) is 9.20 Å². The SMILES string of the molecule is COc1ccccc1NC(=O)c1cccn2c(-c3cc4ccccc4[nH]3)nnc12. The average Bonchev–Trinajstić information content (AvgIpc) is 3.37. The second kappa shape index (κ2) is 6.79. The Morgan fingerprint density at radius 2 is 1.86 bits per heavy atom. The molecule has 0 unspecified atom stereocenters. The molecule has 3 heterocycles. The molecular formula is C22H17N5O2. The van der Waals surface area contributed by atoms with Crippen molar-refractivity contribution >= 4 is 28.1 Å². The molecule has 1 amide bonds. The molecule has 0 bridgehead atoms. The van der Waals surface area contributed by atoms with E-state index in [9.17, 15) is 4.79 Å². The lowest BCUT2D eigenvalue weighted by atomic mass is 10.2. The number of amides is 1. The number of pyridine rings is 1. The number of carbonyl (C=O) groups excluding carboxylic acids is 1. The van der Waals surface area contributed by atoms with E-state index in [4.69, 9.17) is 4.74 Å². The van der Waals surface area contributed by atoms with Crippen molar-refractivity contribution in [3.63, 3.8) is 0 Å². The summed E-state index contributed by atoms with van der Waals surface area (Å²) in [4.78, 5) is 16.3. The molecule has 5 aromatic rings. The predicted molar refractivity (Wildman–Crippen MR) is 111 cm³/mol. The first kappa shape index (κ1) is 17.0. The van der Waals surface area contributed by atoms with Crippen LogP contribution in [0.5, 0.6) is 5.75 Å². The summed E-state index contributed by atoms with van der Waals surface area (Å²) in [7, 11) is 1.57. The highest BCUT2D eigenvalue weighted by molar-refractivity contribution is 6.09. The summed E-state index contributed by atoms with van der Waals surface area (Å²) in [5.41, 5.74) is 3.35. The van der Waals surface area contributed by atoms with Crippen LogP contribution in [-0.2, 0) is 0 Å². The Morgan fingerprint density at radius 3 is 2.72 bits per heavy atom. The van der Waals surface area contributed by atoms with Crippen molar-refractivity contribution in [2.45, 2.75) is 0 Å². The topological polar surface area (TPSA) is 84.3 Å². The Kier molecular flexibility index (Phi) is 3.98. The van der Waals surface area contributed by atoms with Gasteiger partial charge in [-0.2, -0.15) is 0 Å². The Bertz CT molecular complexity index is 1320. The van der Waals surface area contributed by atoms with Gasteiger partial charge < -0.3 is 15.0 Å². The van der Waals surface area contributed by atoms with E-state index in [2.05, 4.69) is 20.5 Å². The van der Waals surface area contributed by atoms with Crippen molar-refractivity contribution < 1.29 is 9.53 Å². The number of nitrogens with one attached hydrogen (secondary N) is 2. The van der Waals surface area contributed by atoms with Crippen LogP contribution < -0.4 is 10.1 Å². The lowest BCUT2D eigenvalue weighted by Crippen LogP contribution is -2.14. The van der Waals surface area contributed by atoms with Crippen LogP contribution in [0.3, 0.4) is 0 Å². The van der Waals surface area contributed by atoms with E-state index < -0.39 is 0 Å². The number of methoxy groups -OCH3 is 1. The summed E-state index contributed by atoms with van der Waals surface area (Å²) in [6.45, 7) is 0. The third-order valence-corrected chi connectivity index (χ3v) is 4.81. The Balaban J connectivity index is 1.55. The fourth-order valence-electron chi connectivity index (χ4n) is 3.41. The van der Waals surface area contributed by atoms with E-state index in [-0.39, 0.29) is 5.91 Å². The van der Waals surface area contributed by atoms with E-state index in [1.807, 2.05) is 53.1 Å². The number of anilines is 1. The van der Waals surface area contributed by atoms with Crippen LogP contribution in [0.1, 0.15) is 10.4 Å². The van der Waals surface area contributed by atoms with Crippen LogP contribution >= 0.6 is 0 Å². The van der Waals surface area contributed by atoms with Crippen LogP contribution in [0.2, 0.25) is 0 Å². The molecule has 0 fully saturated rings. The number of para-hydroxylation sites is 3. The highest BCUT2D eigenvalue weighted by Crippen LogP contribution is 2.26. The first-order valence-electron chi connectivity index (χ1n) is 9.11. The van der Waals surface area contributed by atoms with Crippen molar-refractivity contribution in [2.75, 3.05) is 12.4 Å². The Morgan fingerprint density at radius 1 is 1.03 bits per heavy atom. The minimum absolute atomic E-state index is 0.282. The van der Waals surface area contributed by atoms with Crippen molar-refractivity contribution in [1.82, 2.24) is 19.6 Å². The molecule has 29 heavy (non-hydrogen) atoms. The average molecular weight is 383 g/mol. The van der Waals surface area contributed by atoms with Crippen molar-refractivity contribution in [3.8, 4) is 17.3 Å². The third-order valence-electron chi connectivity index (χ3n) is 4.81. The summed E-state index contributed by atoms with van der Waals surface area (Å²) in [6, 6.07) is 20.8. The highest BCUT2D eigenvalue weighted by atomic mass is 16.5. The third kappa shape index (κ3) is 2.89. The Hall–Kier alpha value is -4.13. The molecule has 3 aromatic heterocycles. The fourth-order valence-corrected chi connectivity index (χ4v) is 3.41. The number of carbonyl (C=O) groups is 1. The quantitative estimate of drug-likeness (QED) is 0.489. The number of aromatic nitrogens is 4. The number of benzene rings is 2. The van der Waals surface area contributed by atoms with E-state index in [1.165, 1.54) is 0 Å². The number of H-pyrrole nitrogens is 1. The number of nitrogens with zero attached hydrogens (tertiary/aromatic N) is 3. The zero-order valence-corrected chi connectivity index (χ0v) is 15.6. The van der Waals surface area contributed by atoms with Crippen LogP contribution in [0.4, 0.5) is 5.69 Å². The zero-order valence-electron chi connectivity index (χ0n) is 15.6. The van der Waals surface area contributed by atoms with Gasteiger partial charge in [0.25, 0.3) is 5.91 Å². The maximum atomic E-state index is 12.9. The predicted octanol–water partition coefficient (Wildman–Crippen LogP) is 4.14. The molecule has 142 valence electrons. The normalized spacial score (nSPS) is 11.1. The zero-order chi connectivity index (χ0) is 19.8. The van der Waals surface area contributed by atoms with Crippen LogP contribution in [-0.4, -0.2) is 32.6 Å². The molecule has 5 rings (SSSR count). The molecule has 0 saturated heterocycles. The number of hydrogen-bond acceptors (Lipinski definition) is 4. The maximum Gasteiger partial charge on any atom is 0.259 e. The van der Waals surface area contributed by atoms with Crippen LogP contribution in [0.15, 0.2) is 72.9 Å². The Labute approximate surface area is 166 Å². The minimum Gasteiger partial charge on any atom is -0.495 e. The van der Waals surface area contributed by atoms with Gasteiger partial charge in [0.15, 0.2) is 11.5 Å². The van der Waals surface area contributed by atoms with Gasteiger partial charge in [-0.05, 0) is 36.4 Å². The number of ether oxygens (including phenoxy) is 1. The number of aromatic amines is 1. The largest absolute Gasteiger partial charge is 0.495 e. The fraction of sp³-hybridized carbons (Fsp3) is 0.0455. The van der Waals surface area contributed by atoms with Gasteiger partial charge in [0.05, 0.1) is 24.1 Å². The summed E-state index contributed by atoms with van der Waals surface area (Å²) < 4.78 is 7.12. The lowest BCUT2D eigenvalue weighted by molar-refractivity contribution is 0.102. The van der Waals surface area contributed by atoms with E-state index in [1.54, 1.807) is 31.4 Å². The number of rotatable bonds is 4. The van der Waals surface area contributed by atoms with Crippen molar-refractivity contribution in [1.29, 1.82) is 0 Å². The number of fused-ring (bicyclic) bond motifs is 2. The van der Waals surface area contributed by atoms with Gasteiger partial charge in [0.2, 0.25) is 0 Å². The minimum atomic E-state index is -0.282. The van der Waals surface area contributed by atoms with E-state index >= 15 is 0 Å². The first-order chi connectivity index (χ1) is 14.2. The second-order valence-electron chi connectivity index (χ2n) is 6.56. The molecule has 0 radical (unpaired) electrons. The molecule has 0 aliphatic carbocycles. The van der Waals surface area contributed by atoms with E-state index in [0.717, 1.165) is 16.6 Å². The van der Waals surface area contributed by atoms with Gasteiger partial charge in [0.1, 0.15) is 5.75 Å². The van der Waals surface area contributed by atoms with E-state index in [0.29, 0.717) is 28.5 Å². The van der Waals surface area contributed by atoms with Crippen molar-refractivity contribution in [3.05, 3.63) is 78.5 Å². The molecule has 0 aliphatic heterocycles. The monoisotopic (exact) mass is 383 g/mol. The summed E-state index contributed by atoms with van der Waals surface area (Å²) in [5, 5.41) is 12.6. The maximum absolute atomic E-state index is 12.9. The number of hydrogen-bond donors (Lipinski definition) is 2. The molecule has 0 aliphatic rings. The van der Waals surface area contributed by atoms with Crippen LogP contribution in [0.25, 0.3) is 28.1 Å². The van der Waals surface area contributed by atoms with Gasteiger partial charge in [-0.1, -0.05) is 30.3 Å². The van der Waals surface area contributed by atoms with Gasteiger partial charge in [0, 0.05) is 17.1 Å². The van der Waals surface area contributed by atoms with Gasteiger partial charge >= 0.3 is 0 Å². The van der Waals surface area contributed by atoms with Crippen LogP contribution in [0, 0.1) is 0 Å². The molecule has 0 saturated carbocycles. The molecule has 2 aromatic carbocycles. The molecule has 0 atom stereocenters. The summed E-state index contributed by atoms with van der Waals surface area (Å²) in [5.74, 6) is 0.951. The molecule has 0 spiro atoms. The summed E-state index contributed by atoms with van der Waals surface area (Å²) in [6.07, 6.45) is 1.84. The summed E-state index contributed by atoms with van der Waals surface area (Å²) >= 11 is 0.